The molecule has 102 valence electrons. The van der Waals surface area contributed by atoms with Gasteiger partial charge in [0.1, 0.15) is 6.04 Å². The van der Waals surface area contributed by atoms with Crippen LogP contribution in [-0.2, 0) is 9.59 Å². The van der Waals surface area contributed by atoms with Crippen molar-refractivity contribution in [2.75, 3.05) is 19.6 Å². The van der Waals surface area contributed by atoms with E-state index in [1.54, 1.807) is 4.90 Å². The van der Waals surface area contributed by atoms with Gasteiger partial charge >= 0.3 is 5.97 Å². The zero-order valence-electron chi connectivity index (χ0n) is 10.9. The summed E-state index contributed by atoms with van der Waals surface area (Å²) in [4.78, 5) is 25.5. The molecule has 18 heavy (non-hydrogen) atoms. The van der Waals surface area contributed by atoms with Crippen molar-refractivity contribution in [3.63, 3.8) is 0 Å². The largest absolute Gasteiger partial charge is 0.480 e. The highest BCUT2D eigenvalue weighted by Gasteiger charge is 2.42. The van der Waals surface area contributed by atoms with E-state index < -0.39 is 12.0 Å². The molecular weight excluding hydrogens is 232 g/mol. The van der Waals surface area contributed by atoms with Gasteiger partial charge in [0.05, 0.1) is 0 Å². The summed E-state index contributed by atoms with van der Waals surface area (Å²) in [6.45, 7) is 4.25. The number of aliphatic carboxylic acids is 1. The second-order valence-electron chi connectivity index (χ2n) is 5.66. The summed E-state index contributed by atoms with van der Waals surface area (Å²) in [6.07, 6.45) is 4.02. The molecule has 0 bridgehead atoms. The predicted octanol–water partition coefficient (Wildman–Crippen LogP) is 0.842. The van der Waals surface area contributed by atoms with Crippen molar-refractivity contribution in [2.45, 2.75) is 45.1 Å². The molecule has 2 rings (SSSR count). The Morgan fingerprint density at radius 3 is 2.56 bits per heavy atom. The van der Waals surface area contributed by atoms with Crippen LogP contribution >= 0.6 is 0 Å². The highest BCUT2D eigenvalue weighted by molar-refractivity contribution is 5.87. The van der Waals surface area contributed by atoms with Gasteiger partial charge in [0.25, 0.3) is 0 Å². The van der Waals surface area contributed by atoms with Crippen molar-refractivity contribution in [1.82, 2.24) is 10.2 Å². The molecular formula is C13H22N2O3. The number of likely N-dealkylation sites (tertiary alicyclic amines) is 1. The number of rotatable bonds is 2. The lowest BCUT2D eigenvalue weighted by molar-refractivity contribution is -0.157. The average Bonchev–Trinajstić information content (AvgIpc) is 2.38. The molecule has 2 N–H and O–H groups in total. The third kappa shape index (κ3) is 2.51. The summed E-state index contributed by atoms with van der Waals surface area (Å²) in [7, 11) is 0. The number of carboxylic acids is 1. The van der Waals surface area contributed by atoms with Gasteiger partial charge < -0.3 is 15.3 Å². The molecule has 1 amide bonds. The Hall–Kier alpha value is -1.10. The van der Waals surface area contributed by atoms with Gasteiger partial charge in [0.2, 0.25) is 5.91 Å². The molecule has 2 aliphatic rings. The molecule has 2 fully saturated rings. The first-order chi connectivity index (χ1) is 8.54. The Morgan fingerprint density at radius 1 is 1.28 bits per heavy atom. The van der Waals surface area contributed by atoms with Gasteiger partial charge in [-0.2, -0.15) is 0 Å². The minimum atomic E-state index is -0.861. The molecule has 0 spiro atoms. The van der Waals surface area contributed by atoms with Crippen LogP contribution in [0.3, 0.4) is 0 Å². The van der Waals surface area contributed by atoms with Crippen LogP contribution in [0.4, 0.5) is 0 Å². The number of nitrogens with one attached hydrogen (secondary N) is 1. The Balaban J connectivity index is 2.12. The Labute approximate surface area is 108 Å². The van der Waals surface area contributed by atoms with Crippen LogP contribution in [-0.4, -0.2) is 47.6 Å². The highest BCUT2D eigenvalue weighted by atomic mass is 16.4. The van der Waals surface area contributed by atoms with Gasteiger partial charge in [-0.25, -0.2) is 4.79 Å². The van der Waals surface area contributed by atoms with E-state index in [1.807, 2.05) is 6.92 Å². The fraction of sp³-hybridized carbons (Fsp3) is 0.846. The van der Waals surface area contributed by atoms with Gasteiger partial charge in [0.15, 0.2) is 0 Å². The molecule has 0 aromatic carbocycles. The highest BCUT2D eigenvalue weighted by Crippen LogP contribution is 2.33. The van der Waals surface area contributed by atoms with Crippen molar-refractivity contribution in [2.24, 2.45) is 5.41 Å². The summed E-state index contributed by atoms with van der Waals surface area (Å²) in [6, 6.07) is -0.613. The molecule has 0 aromatic heterocycles. The summed E-state index contributed by atoms with van der Waals surface area (Å²) < 4.78 is 0. The maximum absolute atomic E-state index is 12.6. The number of piperidine rings is 2. The number of carboxylic acid groups (broad SMARTS) is 1. The third-order valence-electron chi connectivity index (χ3n) is 4.27. The second kappa shape index (κ2) is 5.26. The van der Waals surface area contributed by atoms with Crippen LogP contribution in [0.2, 0.25) is 0 Å². The zero-order valence-corrected chi connectivity index (χ0v) is 10.9. The monoisotopic (exact) mass is 254 g/mol. The lowest BCUT2D eigenvalue weighted by Gasteiger charge is -2.41. The van der Waals surface area contributed by atoms with Gasteiger partial charge in [-0.05, 0) is 45.2 Å². The number of amides is 1. The third-order valence-corrected chi connectivity index (χ3v) is 4.27. The van der Waals surface area contributed by atoms with Crippen molar-refractivity contribution in [3.05, 3.63) is 0 Å². The van der Waals surface area contributed by atoms with E-state index in [-0.39, 0.29) is 11.3 Å². The van der Waals surface area contributed by atoms with E-state index in [9.17, 15) is 14.7 Å². The smallest absolute Gasteiger partial charge is 0.326 e. The normalized spacial score (nSPS) is 27.8. The van der Waals surface area contributed by atoms with Crippen LogP contribution in [0.15, 0.2) is 0 Å². The standard InChI is InChI=1S/C13H22N2O3/c1-13(5-7-14-8-6-13)12(18)15-9-3-2-4-10(15)11(16)17/h10,14H,2-9H2,1H3,(H,16,17)/t10-/m0/s1. The lowest BCUT2D eigenvalue weighted by Crippen LogP contribution is -2.54. The van der Waals surface area contributed by atoms with E-state index in [0.29, 0.717) is 13.0 Å². The lowest BCUT2D eigenvalue weighted by atomic mass is 9.79. The summed E-state index contributed by atoms with van der Waals surface area (Å²) in [5.74, 6) is -0.823. The van der Waals surface area contributed by atoms with Crippen LogP contribution in [0.25, 0.3) is 0 Å². The SMILES string of the molecule is CC1(C(=O)N2CCCC[C@H]2C(=O)O)CCNCC1. The number of hydrogen-bond donors (Lipinski definition) is 2. The van der Waals surface area contributed by atoms with E-state index in [2.05, 4.69) is 5.32 Å². The van der Waals surface area contributed by atoms with Crippen LogP contribution < -0.4 is 5.32 Å². The van der Waals surface area contributed by atoms with Crippen LogP contribution in [0, 0.1) is 5.41 Å². The number of hydrogen-bond acceptors (Lipinski definition) is 3. The number of nitrogens with zero attached hydrogens (tertiary/aromatic N) is 1. The molecule has 2 aliphatic heterocycles. The first-order valence-electron chi connectivity index (χ1n) is 6.79. The summed E-state index contributed by atoms with van der Waals surface area (Å²) in [5.41, 5.74) is -0.379. The Kier molecular flexibility index (Phi) is 3.90. The molecule has 0 unspecified atom stereocenters. The van der Waals surface area contributed by atoms with Gasteiger partial charge in [0, 0.05) is 12.0 Å². The van der Waals surface area contributed by atoms with E-state index in [4.69, 9.17) is 0 Å². The molecule has 5 heteroatoms. The average molecular weight is 254 g/mol. The fourth-order valence-corrected chi connectivity index (χ4v) is 2.97. The molecule has 0 radical (unpaired) electrons. The quantitative estimate of drug-likeness (QED) is 0.766. The van der Waals surface area contributed by atoms with E-state index in [0.717, 1.165) is 38.8 Å². The van der Waals surface area contributed by atoms with Crippen molar-refractivity contribution in [3.8, 4) is 0 Å². The topological polar surface area (TPSA) is 69.6 Å². The molecule has 1 atom stereocenters. The first-order valence-corrected chi connectivity index (χ1v) is 6.79. The molecule has 5 nitrogen and oxygen atoms in total. The van der Waals surface area contributed by atoms with E-state index >= 15 is 0 Å². The van der Waals surface area contributed by atoms with E-state index in [1.165, 1.54) is 0 Å². The molecule has 2 heterocycles. The Bertz CT molecular complexity index is 337. The zero-order chi connectivity index (χ0) is 13.2. The maximum Gasteiger partial charge on any atom is 0.326 e. The second-order valence-corrected chi connectivity index (χ2v) is 5.66. The van der Waals surface area contributed by atoms with Crippen molar-refractivity contribution >= 4 is 11.9 Å². The van der Waals surface area contributed by atoms with Gasteiger partial charge in [-0.1, -0.05) is 6.92 Å². The van der Waals surface area contributed by atoms with Crippen molar-refractivity contribution in [1.29, 1.82) is 0 Å². The fourth-order valence-electron chi connectivity index (χ4n) is 2.97. The molecule has 0 aliphatic carbocycles. The van der Waals surface area contributed by atoms with Gasteiger partial charge in [-0.3, -0.25) is 4.79 Å². The molecule has 2 saturated heterocycles. The first kappa shape index (κ1) is 13.3. The summed E-state index contributed by atoms with van der Waals surface area (Å²) >= 11 is 0. The minimum absolute atomic E-state index is 0.0381. The number of carbonyl (C=O) groups excluding carboxylic acids is 1. The molecule has 0 aromatic rings. The minimum Gasteiger partial charge on any atom is -0.480 e. The van der Waals surface area contributed by atoms with Crippen LogP contribution in [0.5, 0.6) is 0 Å². The Morgan fingerprint density at radius 2 is 1.94 bits per heavy atom. The van der Waals surface area contributed by atoms with Crippen molar-refractivity contribution < 1.29 is 14.7 Å². The van der Waals surface area contributed by atoms with Gasteiger partial charge in [-0.15, -0.1) is 0 Å². The predicted molar refractivity (Wildman–Crippen MR) is 67.2 cm³/mol. The van der Waals surface area contributed by atoms with Crippen LogP contribution in [0.1, 0.15) is 39.0 Å². The summed E-state index contributed by atoms with van der Waals surface area (Å²) in [5, 5.41) is 12.5. The number of carbonyl (C=O) groups is 2. The molecule has 0 saturated carbocycles. The maximum atomic E-state index is 12.6.